The first-order valence-corrected chi connectivity index (χ1v) is 6.58. The molecule has 1 rings (SSSR count). The average molecular weight is 301 g/mol. The van der Waals surface area contributed by atoms with Gasteiger partial charge >= 0.3 is 11.9 Å². The van der Waals surface area contributed by atoms with E-state index in [4.69, 9.17) is 10.8 Å². The monoisotopic (exact) mass is 301 g/mol. The summed E-state index contributed by atoms with van der Waals surface area (Å²) in [5, 5.41) is 11.7. The summed E-state index contributed by atoms with van der Waals surface area (Å²) in [6.45, 7) is 3.31. The Kier molecular flexibility index (Phi) is 5.59. The van der Waals surface area contributed by atoms with Gasteiger partial charge in [0, 0.05) is 0 Å². The Balaban J connectivity index is 2.59. The second-order valence-electron chi connectivity index (χ2n) is 3.77. The van der Waals surface area contributed by atoms with Gasteiger partial charge in [-0.2, -0.15) is 0 Å². The van der Waals surface area contributed by atoms with E-state index in [2.05, 4.69) is 15.0 Å². The summed E-state index contributed by atoms with van der Waals surface area (Å²) in [6.07, 6.45) is 0. The Morgan fingerprint density at radius 1 is 1.50 bits per heavy atom. The molecular formula is C11H15N3O5S. The highest BCUT2D eigenvalue weighted by Gasteiger charge is 2.23. The average Bonchev–Trinajstić information content (AvgIpc) is 2.76. The molecule has 0 bridgehead atoms. The van der Waals surface area contributed by atoms with E-state index >= 15 is 0 Å². The third-order valence-electron chi connectivity index (χ3n) is 2.27. The van der Waals surface area contributed by atoms with Gasteiger partial charge in [0.2, 0.25) is 5.91 Å². The Morgan fingerprint density at radius 3 is 2.65 bits per heavy atom. The van der Waals surface area contributed by atoms with Crippen molar-refractivity contribution in [3.63, 3.8) is 0 Å². The molecule has 0 saturated carbocycles. The van der Waals surface area contributed by atoms with Gasteiger partial charge in [0.15, 0.2) is 6.04 Å². The Morgan fingerprint density at radius 2 is 2.15 bits per heavy atom. The van der Waals surface area contributed by atoms with Crippen LogP contribution in [-0.2, 0) is 20.9 Å². The van der Waals surface area contributed by atoms with Crippen LogP contribution >= 0.6 is 11.3 Å². The van der Waals surface area contributed by atoms with Crippen molar-refractivity contribution in [1.29, 1.82) is 0 Å². The number of nitrogens with zero attached hydrogens (tertiary/aromatic N) is 1. The van der Waals surface area contributed by atoms with Crippen molar-refractivity contribution in [2.24, 2.45) is 5.73 Å². The van der Waals surface area contributed by atoms with Gasteiger partial charge < -0.3 is 20.9 Å². The van der Waals surface area contributed by atoms with Crippen LogP contribution in [0.1, 0.15) is 27.3 Å². The lowest BCUT2D eigenvalue weighted by atomic mass is 10.3. The molecular weight excluding hydrogens is 286 g/mol. The molecule has 0 fully saturated rings. The van der Waals surface area contributed by atoms with Crippen LogP contribution in [0, 0.1) is 6.92 Å². The van der Waals surface area contributed by atoms with Crippen LogP contribution in [0.4, 0.5) is 0 Å². The zero-order chi connectivity index (χ0) is 15.3. The summed E-state index contributed by atoms with van der Waals surface area (Å²) in [4.78, 5) is 37.8. The van der Waals surface area contributed by atoms with Crippen LogP contribution in [0.25, 0.3) is 0 Å². The zero-order valence-electron chi connectivity index (χ0n) is 11.0. The summed E-state index contributed by atoms with van der Waals surface area (Å²) >= 11 is 0.958. The molecule has 1 unspecified atom stereocenters. The number of aromatic carboxylic acids is 1. The van der Waals surface area contributed by atoms with E-state index in [0.717, 1.165) is 11.3 Å². The normalized spacial score (nSPS) is 11.8. The lowest BCUT2D eigenvalue weighted by Gasteiger charge is -2.10. The SMILES string of the molecule is CCOC(=O)C(N)C(=O)NCc1nc(C)c(C(=O)O)s1. The molecule has 1 atom stereocenters. The van der Waals surface area contributed by atoms with Gasteiger partial charge in [-0.3, -0.25) is 4.79 Å². The molecule has 9 heteroatoms. The number of hydrogen-bond donors (Lipinski definition) is 3. The molecule has 1 amide bonds. The number of carbonyl (C=O) groups excluding carboxylic acids is 2. The summed E-state index contributed by atoms with van der Waals surface area (Å²) in [5.74, 6) is -2.58. The second kappa shape index (κ2) is 6.96. The molecule has 0 aliphatic carbocycles. The first kappa shape index (κ1) is 16.1. The number of carboxylic acids is 1. The smallest absolute Gasteiger partial charge is 0.347 e. The molecule has 0 radical (unpaired) electrons. The zero-order valence-corrected chi connectivity index (χ0v) is 11.8. The van der Waals surface area contributed by atoms with Gasteiger partial charge in [0.1, 0.15) is 9.88 Å². The predicted molar refractivity (Wildman–Crippen MR) is 70.3 cm³/mol. The predicted octanol–water partition coefficient (Wildman–Crippen LogP) is -0.344. The van der Waals surface area contributed by atoms with E-state index in [1.54, 1.807) is 13.8 Å². The molecule has 110 valence electrons. The van der Waals surface area contributed by atoms with E-state index < -0.39 is 23.9 Å². The van der Waals surface area contributed by atoms with Crippen molar-refractivity contribution in [2.75, 3.05) is 6.61 Å². The van der Waals surface area contributed by atoms with E-state index in [1.807, 2.05) is 0 Å². The number of amides is 1. The van der Waals surface area contributed by atoms with Crippen molar-refractivity contribution >= 4 is 29.2 Å². The summed E-state index contributed by atoms with van der Waals surface area (Å²) in [7, 11) is 0. The molecule has 1 heterocycles. The first-order valence-electron chi connectivity index (χ1n) is 5.76. The summed E-state index contributed by atoms with van der Waals surface area (Å²) in [5.41, 5.74) is 5.77. The standard InChI is InChI=1S/C11H15N3O5S/c1-3-19-11(18)7(12)9(15)13-4-6-14-5(2)8(20-6)10(16)17/h7H,3-4,12H2,1-2H3,(H,13,15)(H,16,17). The molecule has 0 saturated heterocycles. The molecule has 20 heavy (non-hydrogen) atoms. The van der Waals surface area contributed by atoms with Crippen LogP contribution in [-0.4, -0.2) is 40.6 Å². The van der Waals surface area contributed by atoms with Crippen molar-refractivity contribution < 1.29 is 24.2 Å². The highest BCUT2D eigenvalue weighted by molar-refractivity contribution is 7.13. The Labute approximate surface area is 118 Å². The molecule has 1 aromatic heterocycles. The maximum atomic E-state index is 11.6. The first-order chi connectivity index (χ1) is 9.36. The van der Waals surface area contributed by atoms with Crippen LogP contribution < -0.4 is 11.1 Å². The number of esters is 1. The molecule has 0 aliphatic heterocycles. The van der Waals surface area contributed by atoms with Crippen LogP contribution in [0.3, 0.4) is 0 Å². The van der Waals surface area contributed by atoms with Gasteiger partial charge in [0.05, 0.1) is 18.8 Å². The fraction of sp³-hybridized carbons (Fsp3) is 0.455. The van der Waals surface area contributed by atoms with Crippen molar-refractivity contribution in [3.8, 4) is 0 Å². The number of ether oxygens (including phenoxy) is 1. The largest absolute Gasteiger partial charge is 0.477 e. The van der Waals surface area contributed by atoms with Gasteiger partial charge in [-0.1, -0.05) is 0 Å². The highest BCUT2D eigenvalue weighted by Crippen LogP contribution is 2.17. The van der Waals surface area contributed by atoms with Crippen molar-refractivity contribution in [2.45, 2.75) is 26.4 Å². The summed E-state index contributed by atoms with van der Waals surface area (Å²) < 4.78 is 4.62. The number of aromatic nitrogens is 1. The van der Waals surface area contributed by atoms with Crippen LogP contribution in [0.5, 0.6) is 0 Å². The number of thiazole rings is 1. The number of nitrogens with two attached hydrogens (primary N) is 1. The topological polar surface area (TPSA) is 132 Å². The van der Waals surface area contributed by atoms with E-state index in [1.165, 1.54) is 0 Å². The van der Waals surface area contributed by atoms with Gasteiger partial charge in [-0.05, 0) is 13.8 Å². The fourth-order valence-electron chi connectivity index (χ4n) is 1.34. The van der Waals surface area contributed by atoms with Crippen LogP contribution in [0.15, 0.2) is 0 Å². The number of rotatable bonds is 6. The van der Waals surface area contributed by atoms with Gasteiger partial charge in [-0.15, -0.1) is 11.3 Å². The minimum Gasteiger partial charge on any atom is -0.477 e. The van der Waals surface area contributed by atoms with Crippen molar-refractivity contribution in [1.82, 2.24) is 10.3 Å². The lowest BCUT2D eigenvalue weighted by molar-refractivity contribution is -0.148. The quantitative estimate of drug-likeness (QED) is 0.483. The molecule has 1 aromatic rings. The van der Waals surface area contributed by atoms with E-state index in [9.17, 15) is 14.4 Å². The summed E-state index contributed by atoms with van der Waals surface area (Å²) in [6, 6.07) is -1.41. The third-order valence-corrected chi connectivity index (χ3v) is 3.42. The molecule has 0 aromatic carbocycles. The number of carbonyl (C=O) groups is 3. The fourth-order valence-corrected chi connectivity index (χ4v) is 2.18. The van der Waals surface area contributed by atoms with Crippen LogP contribution in [0.2, 0.25) is 0 Å². The second-order valence-corrected chi connectivity index (χ2v) is 4.86. The minimum atomic E-state index is -1.41. The molecule has 0 aliphatic rings. The lowest BCUT2D eigenvalue weighted by Crippen LogP contribution is -2.46. The van der Waals surface area contributed by atoms with Gasteiger partial charge in [-0.25, -0.2) is 14.6 Å². The van der Waals surface area contributed by atoms with Gasteiger partial charge in [0.25, 0.3) is 0 Å². The van der Waals surface area contributed by atoms with E-state index in [0.29, 0.717) is 10.7 Å². The maximum Gasteiger partial charge on any atom is 0.347 e. The molecule has 0 spiro atoms. The third kappa shape index (κ3) is 4.00. The Bertz CT molecular complexity index is 528. The van der Waals surface area contributed by atoms with Crippen molar-refractivity contribution in [3.05, 3.63) is 15.6 Å². The number of hydrogen-bond acceptors (Lipinski definition) is 7. The minimum absolute atomic E-state index is 0.00469. The highest BCUT2D eigenvalue weighted by atomic mass is 32.1. The maximum absolute atomic E-state index is 11.6. The number of aryl methyl sites for hydroxylation is 1. The molecule has 4 N–H and O–H groups in total. The number of nitrogens with one attached hydrogen (secondary N) is 1. The Hall–Kier alpha value is -2.00. The number of carboxylic acid groups (broad SMARTS) is 1. The molecule has 8 nitrogen and oxygen atoms in total. The van der Waals surface area contributed by atoms with E-state index in [-0.39, 0.29) is 18.0 Å².